The molecule has 0 atom stereocenters. The van der Waals surface area contributed by atoms with Crippen molar-refractivity contribution < 1.29 is 14.3 Å². The lowest BCUT2D eigenvalue weighted by atomic mass is 10.2. The summed E-state index contributed by atoms with van der Waals surface area (Å²) in [5, 5.41) is 8.97. The molecule has 1 heterocycles. The van der Waals surface area contributed by atoms with Gasteiger partial charge in [-0.25, -0.2) is 4.98 Å². The number of para-hydroxylation sites is 1. The molecule has 100 valence electrons. The zero-order chi connectivity index (χ0) is 14.4. The van der Waals surface area contributed by atoms with Crippen molar-refractivity contribution in [1.82, 2.24) is 4.98 Å². The number of benzene rings is 1. The second-order valence-electron chi connectivity index (χ2n) is 3.91. The van der Waals surface area contributed by atoms with E-state index in [1.165, 1.54) is 7.11 Å². The van der Waals surface area contributed by atoms with Gasteiger partial charge in [-0.15, -0.1) is 0 Å². The van der Waals surface area contributed by atoms with E-state index in [9.17, 15) is 4.79 Å². The van der Waals surface area contributed by atoms with Crippen LogP contribution in [0.2, 0.25) is 0 Å². The fourth-order valence-electron chi connectivity index (χ4n) is 1.75. The fourth-order valence-corrected chi connectivity index (χ4v) is 1.75. The van der Waals surface area contributed by atoms with Gasteiger partial charge in [0.05, 0.1) is 12.7 Å². The Morgan fingerprint density at radius 2 is 2.20 bits per heavy atom. The average molecular weight is 268 g/mol. The Morgan fingerprint density at radius 3 is 2.90 bits per heavy atom. The van der Waals surface area contributed by atoms with E-state index in [0.717, 1.165) is 0 Å². The minimum Gasteiger partial charge on any atom is -0.493 e. The summed E-state index contributed by atoms with van der Waals surface area (Å²) in [5.41, 5.74) is 1.35. The molecule has 0 aliphatic rings. The van der Waals surface area contributed by atoms with Gasteiger partial charge in [0.25, 0.3) is 0 Å². The maximum Gasteiger partial charge on any atom is 0.172 e. The SMILES string of the molecule is COc1cccc(C=O)c1OCc1cccnc1C#N. The van der Waals surface area contributed by atoms with E-state index in [2.05, 4.69) is 4.98 Å². The Hall–Kier alpha value is -2.87. The summed E-state index contributed by atoms with van der Waals surface area (Å²) in [4.78, 5) is 15.0. The monoisotopic (exact) mass is 268 g/mol. The van der Waals surface area contributed by atoms with Crippen LogP contribution in [-0.2, 0) is 6.61 Å². The van der Waals surface area contributed by atoms with Crippen molar-refractivity contribution in [1.29, 1.82) is 5.26 Å². The van der Waals surface area contributed by atoms with Crippen LogP contribution in [0.4, 0.5) is 0 Å². The minimum atomic E-state index is 0.137. The number of methoxy groups -OCH3 is 1. The normalized spacial score (nSPS) is 9.60. The number of hydrogen-bond acceptors (Lipinski definition) is 5. The molecular weight excluding hydrogens is 256 g/mol. The lowest BCUT2D eigenvalue weighted by molar-refractivity contribution is 0.111. The number of carbonyl (C=O) groups excluding carboxylic acids is 1. The molecule has 0 saturated carbocycles. The molecule has 0 fully saturated rings. The van der Waals surface area contributed by atoms with Crippen molar-refractivity contribution >= 4 is 6.29 Å². The highest BCUT2D eigenvalue weighted by atomic mass is 16.5. The predicted octanol–water partition coefficient (Wildman–Crippen LogP) is 2.35. The number of ether oxygens (including phenoxy) is 2. The van der Waals surface area contributed by atoms with Crippen LogP contribution >= 0.6 is 0 Å². The molecule has 0 N–H and O–H groups in total. The third-order valence-electron chi connectivity index (χ3n) is 2.73. The summed E-state index contributed by atoms with van der Waals surface area (Å²) >= 11 is 0. The quantitative estimate of drug-likeness (QED) is 0.778. The van der Waals surface area contributed by atoms with Crippen molar-refractivity contribution in [2.75, 3.05) is 7.11 Å². The van der Waals surface area contributed by atoms with Crippen LogP contribution in [0.15, 0.2) is 36.5 Å². The van der Waals surface area contributed by atoms with Gasteiger partial charge >= 0.3 is 0 Å². The molecule has 0 saturated heterocycles. The van der Waals surface area contributed by atoms with Crippen LogP contribution in [0.1, 0.15) is 21.6 Å². The highest BCUT2D eigenvalue weighted by molar-refractivity contribution is 5.81. The first-order valence-corrected chi connectivity index (χ1v) is 5.89. The van der Waals surface area contributed by atoms with Crippen molar-refractivity contribution in [3.8, 4) is 17.6 Å². The zero-order valence-electron chi connectivity index (χ0n) is 10.9. The minimum absolute atomic E-state index is 0.137. The molecule has 0 amide bonds. The van der Waals surface area contributed by atoms with Crippen LogP contribution in [0.25, 0.3) is 0 Å². The van der Waals surface area contributed by atoms with Gasteiger partial charge in [-0.1, -0.05) is 12.1 Å². The highest BCUT2D eigenvalue weighted by Gasteiger charge is 2.11. The predicted molar refractivity (Wildman–Crippen MR) is 71.7 cm³/mol. The van der Waals surface area contributed by atoms with Crippen molar-refractivity contribution in [2.24, 2.45) is 0 Å². The summed E-state index contributed by atoms with van der Waals surface area (Å²) in [6.07, 6.45) is 2.24. The second kappa shape index (κ2) is 6.34. The van der Waals surface area contributed by atoms with Crippen LogP contribution in [0, 0.1) is 11.3 Å². The molecule has 1 aromatic carbocycles. The Bertz CT molecular complexity index is 662. The number of nitrogens with zero attached hydrogens (tertiary/aromatic N) is 2. The molecule has 20 heavy (non-hydrogen) atoms. The first kappa shape index (κ1) is 13.6. The van der Waals surface area contributed by atoms with Crippen LogP contribution in [0.5, 0.6) is 11.5 Å². The Morgan fingerprint density at radius 1 is 1.35 bits per heavy atom. The molecule has 2 aromatic rings. The third-order valence-corrected chi connectivity index (χ3v) is 2.73. The fraction of sp³-hybridized carbons (Fsp3) is 0.133. The summed E-state index contributed by atoms with van der Waals surface area (Å²) in [6.45, 7) is 0.137. The van der Waals surface area contributed by atoms with Gasteiger partial charge in [0.15, 0.2) is 17.8 Å². The third kappa shape index (κ3) is 2.75. The number of nitriles is 1. The van der Waals surface area contributed by atoms with Gasteiger partial charge in [-0.3, -0.25) is 4.79 Å². The van der Waals surface area contributed by atoms with Crippen molar-refractivity contribution in [2.45, 2.75) is 6.61 Å². The summed E-state index contributed by atoms with van der Waals surface area (Å²) in [6, 6.07) is 10.5. The summed E-state index contributed by atoms with van der Waals surface area (Å²) < 4.78 is 10.8. The molecule has 0 unspecified atom stereocenters. The second-order valence-corrected chi connectivity index (χ2v) is 3.91. The molecule has 0 aliphatic carbocycles. The zero-order valence-corrected chi connectivity index (χ0v) is 10.9. The largest absolute Gasteiger partial charge is 0.493 e. The highest BCUT2D eigenvalue weighted by Crippen LogP contribution is 2.30. The van der Waals surface area contributed by atoms with Crippen molar-refractivity contribution in [3.05, 3.63) is 53.3 Å². The molecule has 0 spiro atoms. The van der Waals surface area contributed by atoms with Gasteiger partial charge in [0, 0.05) is 11.8 Å². The van der Waals surface area contributed by atoms with E-state index >= 15 is 0 Å². The topological polar surface area (TPSA) is 72.2 Å². The van der Waals surface area contributed by atoms with E-state index in [-0.39, 0.29) is 6.61 Å². The smallest absolute Gasteiger partial charge is 0.172 e. The van der Waals surface area contributed by atoms with Gasteiger partial charge < -0.3 is 9.47 Å². The molecule has 2 rings (SSSR count). The van der Waals surface area contributed by atoms with E-state index in [1.54, 1.807) is 36.5 Å². The molecule has 0 bridgehead atoms. The maximum atomic E-state index is 11.0. The number of rotatable bonds is 5. The van der Waals surface area contributed by atoms with E-state index in [0.29, 0.717) is 34.6 Å². The summed E-state index contributed by atoms with van der Waals surface area (Å²) in [5.74, 6) is 0.828. The summed E-state index contributed by atoms with van der Waals surface area (Å²) in [7, 11) is 1.50. The van der Waals surface area contributed by atoms with Crippen LogP contribution < -0.4 is 9.47 Å². The van der Waals surface area contributed by atoms with E-state index < -0.39 is 0 Å². The van der Waals surface area contributed by atoms with Gasteiger partial charge in [0.1, 0.15) is 18.4 Å². The average Bonchev–Trinajstić information content (AvgIpc) is 2.52. The van der Waals surface area contributed by atoms with Gasteiger partial charge in [-0.05, 0) is 18.2 Å². The molecule has 1 aromatic heterocycles. The Kier molecular flexibility index (Phi) is 4.30. The number of pyridine rings is 1. The van der Waals surface area contributed by atoms with Crippen LogP contribution in [0.3, 0.4) is 0 Å². The lowest BCUT2D eigenvalue weighted by Gasteiger charge is -2.12. The number of aromatic nitrogens is 1. The molecule has 5 heteroatoms. The van der Waals surface area contributed by atoms with Gasteiger partial charge in [-0.2, -0.15) is 5.26 Å². The van der Waals surface area contributed by atoms with E-state index in [1.807, 2.05) is 6.07 Å². The Balaban J connectivity index is 2.27. The molecule has 0 radical (unpaired) electrons. The first-order chi connectivity index (χ1) is 9.80. The first-order valence-electron chi connectivity index (χ1n) is 5.89. The number of hydrogen-bond donors (Lipinski definition) is 0. The number of carbonyl (C=O) groups is 1. The molecule has 0 aliphatic heterocycles. The standard InChI is InChI=1S/C15H12N2O3/c1-19-14-6-2-4-11(9-18)15(14)20-10-12-5-3-7-17-13(12)8-16/h2-7,9H,10H2,1H3. The maximum absolute atomic E-state index is 11.0. The van der Waals surface area contributed by atoms with Gasteiger partial charge in [0.2, 0.25) is 0 Å². The number of aldehydes is 1. The molecular formula is C15H12N2O3. The van der Waals surface area contributed by atoms with E-state index in [4.69, 9.17) is 14.7 Å². The Labute approximate surface area is 116 Å². The van der Waals surface area contributed by atoms with Crippen molar-refractivity contribution in [3.63, 3.8) is 0 Å². The van der Waals surface area contributed by atoms with Crippen LogP contribution in [-0.4, -0.2) is 18.4 Å². The lowest BCUT2D eigenvalue weighted by Crippen LogP contribution is -2.03. The molecule has 5 nitrogen and oxygen atoms in total.